The summed E-state index contributed by atoms with van der Waals surface area (Å²) < 4.78 is 10.1. The molecule has 0 N–H and O–H groups in total. The minimum atomic E-state index is -0.613. The van der Waals surface area contributed by atoms with Gasteiger partial charge in [0, 0.05) is 17.4 Å². The van der Waals surface area contributed by atoms with Gasteiger partial charge in [-0.2, -0.15) is 0 Å². The molecule has 0 heterocycles. The van der Waals surface area contributed by atoms with E-state index in [4.69, 9.17) is 21.1 Å². The van der Waals surface area contributed by atoms with E-state index in [1.165, 1.54) is 0 Å². The zero-order valence-electron chi connectivity index (χ0n) is 10.1. The Kier molecular flexibility index (Phi) is 4.26. The zero-order valence-corrected chi connectivity index (χ0v) is 10.9. The number of hydrogen-bond acceptors (Lipinski definition) is 3. The molecular weight excluding hydrogens is 252 g/mol. The maximum atomic E-state index is 11.3. The maximum Gasteiger partial charge on any atom is 0.508 e. The normalized spacial score (nSPS) is 21.9. The van der Waals surface area contributed by atoms with E-state index >= 15 is 0 Å². The summed E-state index contributed by atoms with van der Waals surface area (Å²) in [5, 5.41) is 0.683. The quantitative estimate of drug-likeness (QED) is 0.614. The lowest BCUT2D eigenvalue weighted by molar-refractivity contribution is 0.0253. The molecule has 96 valence electrons. The van der Waals surface area contributed by atoms with Gasteiger partial charge in [-0.25, -0.2) is 4.79 Å². The summed E-state index contributed by atoms with van der Waals surface area (Å²) in [6, 6.07) is 7.59. The van der Waals surface area contributed by atoms with Crippen LogP contribution in [0.3, 0.4) is 0 Å². The molecule has 0 saturated heterocycles. The molecule has 0 bridgehead atoms. The van der Waals surface area contributed by atoms with E-state index in [0.29, 0.717) is 18.1 Å². The number of ether oxygens (including phenoxy) is 2. The lowest BCUT2D eigenvalue weighted by Crippen LogP contribution is -2.22. The summed E-state index contributed by atoms with van der Waals surface area (Å²) in [5.41, 5.74) is 1.05. The highest BCUT2D eigenvalue weighted by molar-refractivity contribution is 6.30. The summed E-state index contributed by atoms with van der Waals surface area (Å²) in [7, 11) is 0. The number of halogens is 1. The molecule has 1 aromatic carbocycles. The SMILES string of the molecule is CCOC(=O)O[C@@H]1CC=C[C@H]1c1cccc(Cl)c1. The van der Waals surface area contributed by atoms with Gasteiger partial charge in [-0.15, -0.1) is 0 Å². The smallest absolute Gasteiger partial charge is 0.435 e. The first-order valence-electron chi connectivity index (χ1n) is 5.96. The van der Waals surface area contributed by atoms with Crippen LogP contribution in [0, 0.1) is 0 Å². The second kappa shape index (κ2) is 5.91. The van der Waals surface area contributed by atoms with Gasteiger partial charge in [0.2, 0.25) is 0 Å². The van der Waals surface area contributed by atoms with Crippen molar-refractivity contribution < 1.29 is 14.3 Å². The van der Waals surface area contributed by atoms with Crippen LogP contribution in [-0.2, 0) is 9.47 Å². The molecule has 2 rings (SSSR count). The van der Waals surface area contributed by atoms with Crippen LogP contribution >= 0.6 is 11.6 Å². The Labute approximate surface area is 111 Å². The van der Waals surface area contributed by atoms with Crippen molar-refractivity contribution in [2.24, 2.45) is 0 Å². The molecule has 0 amide bonds. The highest BCUT2D eigenvalue weighted by Gasteiger charge is 2.28. The molecule has 3 nitrogen and oxygen atoms in total. The van der Waals surface area contributed by atoms with Crippen LogP contribution in [0.2, 0.25) is 5.02 Å². The molecule has 0 spiro atoms. The second-order valence-electron chi connectivity index (χ2n) is 4.08. The number of benzene rings is 1. The fraction of sp³-hybridized carbons (Fsp3) is 0.357. The van der Waals surface area contributed by atoms with E-state index in [1.807, 2.05) is 36.4 Å². The van der Waals surface area contributed by atoms with E-state index in [0.717, 1.165) is 5.56 Å². The van der Waals surface area contributed by atoms with E-state index in [1.54, 1.807) is 6.92 Å². The van der Waals surface area contributed by atoms with Crippen molar-refractivity contribution in [2.75, 3.05) is 6.61 Å². The van der Waals surface area contributed by atoms with Gasteiger partial charge >= 0.3 is 6.16 Å². The first kappa shape index (κ1) is 13.0. The molecule has 2 atom stereocenters. The summed E-state index contributed by atoms with van der Waals surface area (Å²) >= 11 is 5.97. The Balaban J connectivity index is 2.07. The molecule has 0 unspecified atom stereocenters. The molecule has 1 aromatic rings. The van der Waals surface area contributed by atoms with E-state index in [9.17, 15) is 4.79 Å². The molecule has 1 aliphatic carbocycles. The van der Waals surface area contributed by atoms with Crippen molar-refractivity contribution in [3.8, 4) is 0 Å². The minimum absolute atomic E-state index is 0.0492. The Morgan fingerprint density at radius 2 is 2.33 bits per heavy atom. The monoisotopic (exact) mass is 266 g/mol. The molecule has 0 aliphatic heterocycles. The van der Waals surface area contributed by atoms with Crippen LogP contribution < -0.4 is 0 Å². The molecule has 0 radical (unpaired) electrons. The zero-order chi connectivity index (χ0) is 13.0. The Morgan fingerprint density at radius 3 is 3.06 bits per heavy atom. The van der Waals surface area contributed by atoms with Gasteiger partial charge in [-0.1, -0.05) is 35.9 Å². The lowest BCUT2D eigenvalue weighted by atomic mass is 9.96. The standard InChI is InChI=1S/C14H15ClO3/c1-2-17-14(16)18-13-8-4-7-12(13)10-5-3-6-11(15)9-10/h3-7,9,12-13H,2,8H2,1H3/t12-,13+/m0/s1. The Bertz CT molecular complexity index is 456. The molecule has 4 heteroatoms. The van der Waals surface area contributed by atoms with Crippen LogP contribution in [-0.4, -0.2) is 18.9 Å². The van der Waals surface area contributed by atoms with Gasteiger partial charge < -0.3 is 9.47 Å². The van der Waals surface area contributed by atoms with Crippen LogP contribution in [0.1, 0.15) is 24.8 Å². The molecule has 1 aliphatic rings. The summed E-state index contributed by atoms with van der Waals surface area (Å²) in [4.78, 5) is 11.3. The van der Waals surface area contributed by atoms with Gasteiger partial charge in [-0.3, -0.25) is 0 Å². The molecule has 0 fully saturated rings. The van der Waals surface area contributed by atoms with Gasteiger partial charge in [0.05, 0.1) is 6.61 Å². The van der Waals surface area contributed by atoms with E-state index in [-0.39, 0.29) is 12.0 Å². The highest BCUT2D eigenvalue weighted by atomic mass is 35.5. The number of rotatable bonds is 3. The molecule has 0 saturated carbocycles. The van der Waals surface area contributed by atoms with Crippen molar-refractivity contribution in [1.29, 1.82) is 0 Å². The predicted octanol–water partition coefficient (Wildman–Crippen LogP) is 3.93. The maximum absolute atomic E-state index is 11.3. The van der Waals surface area contributed by atoms with Crippen LogP contribution in [0.15, 0.2) is 36.4 Å². The third-order valence-corrected chi connectivity index (χ3v) is 3.09. The van der Waals surface area contributed by atoms with E-state index in [2.05, 4.69) is 0 Å². The molecule has 18 heavy (non-hydrogen) atoms. The first-order chi connectivity index (χ1) is 8.70. The summed E-state index contributed by atoms with van der Waals surface area (Å²) in [5.74, 6) is 0.0492. The predicted molar refractivity (Wildman–Crippen MR) is 69.8 cm³/mol. The minimum Gasteiger partial charge on any atom is -0.435 e. The Hall–Kier alpha value is -1.48. The Morgan fingerprint density at radius 1 is 1.50 bits per heavy atom. The van der Waals surface area contributed by atoms with Crippen LogP contribution in [0.5, 0.6) is 0 Å². The fourth-order valence-electron chi connectivity index (χ4n) is 2.07. The van der Waals surface area contributed by atoms with Crippen molar-refractivity contribution in [1.82, 2.24) is 0 Å². The van der Waals surface area contributed by atoms with Crippen LogP contribution in [0.4, 0.5) is 4.79 Å². The van der Waals surface area contributed by atoms with Crippen molar-refractivity contribution in [3.05, 3.63) is 47.0 Å². The van der Waals surface area contributed by atoms with E-state index < -0.39 is 6.16 Å². The third kappa shape index (κ3) is 3.05. The van der Waals surface area contributed by atoms with Gasteiger partial charge in [0.15, 0.2) is 0 Å². The molecule has 0 aromatic heterocycles. The van der Waals surface area contributed by atoms with Crippen molar-refractivity contribution in [2.45, 2.75) is 25.4 Å². The number of carbonyl (C=O) groups excluding carboxylic acids is 1. The summed E-state index contributed by atoms with van der Waals surface area (Å²) in [6.07, 6.45) is 3.93. The highest BCUT2D eigenvalue weighted by Crippen LogP contribution is 2.32. The number of hydrogen-bond donors (Lipinski definition) is 0. The van der Waals surface area contributed by atoms with Gasteiger partial charge in [0.25, 0.3) is 0 Å². The average Bonchev–Trinajstić information content (AvgIpc) is 2.77. The lowest BCUT2D eigenvalue weighted by Gasteiger charge is -2.19. The second-order valence-corrected chi connectivity index (χ2v) is 4.52. The first-order valence-corrected chi connectivity index (χ1v) is 6.34. The van der Waals surface area contributed by atoms with Crippen LogP contribution in [0.25, 0.3) is 0 Å². The van der Waals surface area contributed by atoms with Crippen molar-refractivity contribution >= 4 is 17.8 Å². The third-order valence-electron chi connectivity index (χ3n) is 2.86. The molecular formula is C14H15ClO3. The summed E-state index contributed by atoms with van der Waals surface area (Å²) in [6.45, 7) is 2.07. The van der Waals surface area contributed by atoms with Gasteiger partial charge in [0.1, 0.15) is 6.10 Å². The average molecular weight is 267 g/mol. The van der Waals surface area contributed by atoms with Crippen molar-refractivity contribution in [3.63, 3.8) is 0 Å². The topological polar surface area (TPSA) is 35.5 Å². The fourth-order valence-corrected chi connectivity index (χ4v) is 2.27. The number of carbonyl (C=O) groups is 1. The largest absolute Gasteiger partial charge is 0.508 e. The van der Waals surface area contributed by atoms with Gasteiger partial charge in [-0.05, 0) is 24.6 Å².